The van der Waals surface area contributed by atoms with Crippen LogP contribution in [0.15, 0.2) is 0 Å². The minimum atomic E-state index is -0.936. The molecule has 0 radical (unpaired) electrons. The molecule has 5 heteroatoms. The van der Waals surface area contributed by atoms with Crippen LogP contribution in [0.3, 0.4) is 0 Å². The Hall–Kier alpha value is -1.26. The number of carbonyl (C=O) groups is 2. The second-order valence-corrected chi connectivity index (χ2v) is 5.92. The minimum absolute atomic E-state index is 0.0427. The van der Waals surface area contributed by atoms with Crippen molar-refractivity contribution in [2.75, 3.05) is 0 Å². The first-order valence-corrected chi connectivity index (χ1v) is 6.23. The Morgan fingerprint density at radius 3 is 2.11 bits per heavy atom. The fourth-order valence-electron chi connectivity index (χ4n) is 1.64. The normalized spacial score (nSPS) is 16.6. The van der Waals surface area contributed by atoms with Crippen molar-refractivity contribution in [1.82, 2.24) is 5.32 Å². The number of carboxylic acid groups (broad SMARTS) is 1. The first kappa shape index (κ1) is 16.7. The lowest BCUT2D eigenvalue weighted by molar-refractivity contribution is -0.139. The van der Waals surface area contributed by atoms with Gasteiger partial charge in [0.1, 0.15) is 5.60 Å². The number of carboxylic acids is 1. The number of hydrogen-bond acceptors (Lipinski definition) is 3. The van der Waals surface area contributed by atoms with Gasteiger partial charge in [-0.25, -0.2) is 4.79 Å². The molecule has 18 heavy (non-hydrogen) atoms. The molecule has 2 unspecified atom stereocenters. The topological polar surface area (TPSA) is 75.6 Å². The zero-order chi connectivity index (χ0) is 14.6. The van der Waals surface area contributed by atoms with Crippen molar-refractivity contribution in [3.8, 4) is 0 Å². The van der Waals surface area contributed by atoms with E-state index in [-0.39, 0.29) is 12.3 Å². The van der Waals surface area contributed by atoms with E-state index in [2.05, 4.69) is 5.32 Å². The number of nitrogens with one attached hydrogen (secondary N) is 1. The van der Waals surface area contributed by atoms with Crippen molar-refractivity contribution < 1.29 is 19.4 Å². The molecule has 0 bridgehead atoms. The summed E-state index contributed by atoms with van der Waals surface area (Å²) in [6.07, 6.45) is 0.0763. The van der Waals surface area contributed by atoms with Gasteiger partial charge in [-0.05, 0) is 33.6 Å². The molecule has 2 atom stereocenters. The average molecular weight is 259 g/mol. The molecule has 0 aliphatic carbocycles. The van der Waals surface area contributed by atoms with E-state index in [0.717, 1.165) is 6.42 Å². The summed E-state index contributed by atoms with van der Waals surface area (Å²) in [4.78, 5) is 22.7. The van der Waals surface area contributed by atoms with Crippen LogP contribution < -0.4 is 5.32 Å². The summed E-state index contributed by atoms with van der Waals surface area (Å²) in [5.74, 6) is -0.894. The number of hydrogen-bond donors (Lipinski definition) is 2. The van der Waals surface area contributed by atoms with Gasteiger partial charge in [0.05, 0.1) is 12.0 Å². The van der Waals surface area contributed by atoms with Gasteiger partial charge in [0.25, 0.3) is 0 Å². The molecule has 2 N–H and O–H groups in total. The lowest BCUT2D eigenvalue weighted by Crippen LogP contribution is -2.53. The van der Waals surface area contributed by atoms with Gasteiger partial charge in [-0.2, -0.15) is 0 Å². The molecule has 0 aliphatic rings. The lowest BCUT2D eigenvalue weighted by Gasteiger charge is -2.35. The lowest BCUT2D eigenvalue weighted by atomic mass is 9.82. The Bertz CT molecular complexity index is 309. The summed E-state index contributed by atoms with van der Waals surface area (Å²) in [5.41, 5.74) is -1.40. The van der Waals surface area contributed by atoms with Crippen LogP contribution in [0.25, 0.3) is 0 Å². The monoisotopic (exact) mass is 259 g/mol. The highest BCUT2D eigenvalue weighted by molar-refractivity contribution is 5.72. The minimum Gasteiger partial charge on any atom is -0.481 e. The molecular formula is C13H25NO4. The first-order valence-electron chi connectivity index (χ1n) is 6.23. The van der Waals surface area contributed by atoms with Crippen LogP contribution in [-0.2, 0) is 9.53 Å². The van der Waals surface area contributed by atoms with Crippen LogP contribution in [0.1, 0.15) is 54.4 Å². The Morgan fingerprint density at radius 2 is 1.78 bits per heavy atom. The first-order chi connectivity index (χ1) is 8.00. The maximum absolute atomic E-state index is 11.7. The van der Waals surface area contributed by atoms with Crippen molar-refractivity contribution in [2.45, 2.75) is 65.5 Å². The van der Waals surface area contributed by atoms with Crippen LogP contribution in [0.4, 0.5) is 4.79 Å². The second-order valence-electron chi connectivity index (χ2n) is 5.92. The third-order valence-corrected chi connectivity index (χ3v) is 3.00. The highest BCUT2D eigenvalue weighted by atomic mass is 16.6. The zero-order valence-corrected chi connectivity index (χ0v) is 12.2. The Kier molecular flexibility index (Phi) is 5.64. The maximum Gasteiger partial charge on any atom is 0.408 e. The van der Waals surface area contributed by atoms with E-state index in [0.29, 0.717) is 0 Å². The highest BCUT2D eigenvalue weighted by Crippen LogP contribution is 2.24. The second kappa shape index (κ2) is 6.07. The average Bonchev–Trinajstić information content (AvgIpc) is 2.11. The van der Waals surface area contributed by atoms with Crippen LogP contribution >= 0.6 is 0 Å². The Morgan fingerprint density at radius 1 is 1.28 bits per heavy atom. The van der Waals surface area contributed by atoms with Gasteiger partial charge in [0.15, 0.2) is 0 Å². The van der Waals surface area contributed by atoms with Crippen LogP contribution in [0.2, 0.25) is 0 Å². The highest BCUT2D eigenvalue weighted by Gasteiger charge is 2.35. The maximum atomic E-state index is 11.7. The van der Waals surface area contributed by atoms with Gasteiger partial charge >= 0.3 is 12.1 Å². The van der Waals surface area contributed by atoms with Crippen molar-refractivity contribution >= 4 is 12.1 Å². The standard InChI is InChI=1S/C13H25NO4/c1-7-9(2)13(6,8-10(15)16)14-11(17)18-12(3,4)5/h9H,7-8H2,1-6H3,(H,14,17)(H,15,16). The van der Waals surface area contributed by atoms with Gasteiger partial charge in [0.2, 0.25) is 0 Å². The number of rotatable bonds is 5. The van der Waals surface area contributed by atoms with E-state index in [1.165, 1.54) is 0 Å². The van der Waals surface area contributed by atoms with Crippen LogP contribution in [-0.4, -0.2) is 28.3 Å². The van der Waals surface area contributed by atoms with Crippen molar-refractivity contribution in [1.29, 1.82) is 0 Å². The molecule has 0 spiro atoms. The molecule has 0 aromatic heterocycles. The van der Waals surface area contributed by atoms with Crippen molar-refractivity contribution in [3.05, 3.63) is 0 Å². The van der Waals surface area contributed by atoms with Crippen LogP contribution in [0.5, 0.6) is 0 Å². The molecule has 0 aromatic rings. The molecule has 0 heterocycles. The fourth-order valence-corrected chi connectivity index (χ4v) is 1.64. The summed E-state index contributed by atoms with van der Waals surface area (Å²) in [6.45, 7) is 10.9. The largest absolute Gasteiger partial charge is 0.481 e. The van der Waals surface area contributed by atoms with E-state index in [4.69, 9.17) is 9.84 Å². The van der Waals surface area contributed by atoms with Gasteiger partial charge in [-0.15, -0.1) is 0 Å². The van der Waals surface area contributed by atoms with Gasteiger partial charge in [0, 0.05) is 0 Å². The fraction of sp³-hybridized carbons (Fsp3) is 0.846. The summed E-state index contributed by atoms with van der Waals surface area (Å²) >= 11 is 0. The third kappa shape index (κ3) is 5.89. The number of amides is 1. The van der Waals surface area contributed by atoms with E-state index < -0.39 is 23.2 Å². The predicted octanol–water partition coefficient (Wildman–Crippen LogP) is 2.79. The van der Waals surface area contributed by atoms with Gasteiger partial charge in [-0.1, -0.05) is 20.3 Å². The Labute approximate surface area is 109 Å². The molecule has 0 saturated carbocycles. The molecule has 5 nitrogen and oxygen atoms in total. The van der Waals surface area contributed by atoms with E-state index in [1.54, 1.807) is 27.7 Å². The molecule has 1 amide bonds. The van der Waals surface area contributed by atoms with E-state index >= 15 is 0 Å². The summed E-state index contributed by atoms with van der Waals surface area (Å²) in [7, 11) is 0. The number of ether oxygens (including phenoxy) is 1. The molecule has 0 rings (SSSR count). The molecule has 0 aromatic carbocycles. The van der Waals surface area contributed by atoms with Gasteiger partial charge in [-0.3, -0.25) is 4.79 Å². The third-order valence-electron chi connectivity index (χ3n) is 3.00. The molecule has 106 valence electrons. The summed E-state index contributed by atoms with van der Waals surface area (Å²) < 4.78 is 5.17. The number of aliphatic carboxylic acids is 1. The Balaban J connectivity index is 4.79. The van der Waals surface area contributed by atoms with Crippen molar-refractivity contribution in [2.24, 2.45) is 5.92 Å². The summed E-state index contributed by atoms with van der Waals surface area (Å²) in [5, 5.41) is 11.6. The molecule has 0 fully saturated rings. The quantitative estimate of drug-likeness (QED) is 0.796. The SMILES string of the molecule is CCC(C)C(C)(CC(=O)O)NC(=O)OC(C)(C)C. The number of alkyl carbamates (subject to hydrolysis) is 1. The molecular weight excluding hydrogens is 234 g/mol. The predicted molar refractivity (Wildman–Crippen MR) is 69.5 cm³/mol. The van der Waals surface area contributed by atoms with Gasteiger partial charge < -0.3 is 15.2 Å². The number of carbonyl (C=O) groups excluding carboxylic acids is 1. The summed E-state index contributed by atoms with van der Waals surface area (Å²) in [6, 6.07) is 0. The zero-order valence-electron chi connectivity index (χ0n) is 12.2. The molecule has 0 saturated heterocycles. The molecule has 0 aliphatic heterocycles. The van der Waals surface area contributed by atoms with Crippen LogP contribution in [0, 0.1) is 5.92 Å². The van der Waals surface area contributed by atoms with E-state index in [9.17, 15) is 9.59 Å². The van der Waals surface area contributed by atoms with E-state index in [1.807, 2.05) is 13.8 Å². The van der Waals surface area contributed by atoms with Crippen molar-refractivity contribution in [3.63, 3.8) is 0 Å². The smallest absolute Gasteiger partial charge is 0.408 e.